The van der Waals surface area contributed by atoms with Gasteiger partial charge in [0, 0.05) is 23.7 Å². The summed E-state index contributed by atoms with van der Waals surface area (Å²) in [6, 6.07) is 15.3. The SMILES string of the molecule is CCN(Cc1ccc(OCc2cccs2)c(OC)c1)C(=O)c1cccc(C)n1. The van der Waals surface area contributed by atoms with Crippen molar-refractivity contribution >= 4 is 17.2 Å². The normalized spacial score (nSPS) is 10.5. The Morgan fingerprint density at radius 3 is 2.68 bits per heavy atom. The molecule has 0 aliphatic rings. The molecule has 1 aromatic carbocycles. The number of aromatic nitrogens is 1. The van der Waals surface area contributed by atoms with Crippen LogP contribution in [-0.2, 0) is 13.2 Å². The molecule has 1 amide bonds. The molecular weight excluding hydrogens is 372 g/mol. The minimum absolute atomic E-state index is 0.0804. The zero-order valence-corrected chi connectivity index (χ0v) is 17.2. The van der Waals surface area contributed by atoms with Crippen LogP contribution in [0.1, 0.15) is 33.5 Å². The lowest BCUT2D eigenvalue weighted by atomic mass is 10.1. The largest absolute Gasteiger partial charge is 0.493 e. The Morgan fingerprint density at radius 2 is 2.00 bits per heavy atom. The highest BCUT2D eigenvalue weighted by Gasteiger charge is 2.17. The van der Waals surface area contributed by atoms with Crippen LogP contribution in [0.15, 0.2) is 53.9 Å². The fourth-order valence-corrected chi connectivity index (χ4v) is 3.46. The van der Waals surface area contributed by atoms with Crippen molar-refractivity contribution in [2.45, 2.75) is 27.0 Å². The van der Waals surface area contributed by atoms with Crippen LogP contribution in [-0.4, -0.2) is 29.4 Å². The van der Waals surface area contributed by atoms with E-state index in [-0.39, 0.29) is 5.91 Å². The molecule has 6 heteroatoms. The average molecular weight is 397 g/mol. The molecule has 0 aliphatic carbocycles. The van der Waals surface area contributed by atoms with E-state index in [1.165, 1.54) is 0 Å². The first kappa shape index (κ1) is 19.9. The molecular formula is C22H24N2O3S. The predicted molar refractivity (Wildman–Crippen MR) is 111 cm³/mol. The van der Waals surface area contributed by atoms with Crippen LogP contribution in [0.25, 0.3) is 0 Å². The minimum Gasteiger partial charge on any atom is -0.493 e. The van der Waals surface area contributed by atoms with Crippen molar-refractivity contribution in [2.24, 2.45) is 0 Å². The lowest BCUT2D eigenvalue weighted by molar-refractivity contribution is 0.0746. The summed E-state index contributed by atoms with van der Waals surface area (Å²) in [6.45, 7) is 5.42. The van der Waals surface area contributed by atoms with Crippen LogP contribution in [0.4, 0.5) is 0 Å². The van der Waals surface area contributed by atoms with E-state index in [0.717, 1.165) is 16.1 Å². The number of hydrogen-bond acceptors (Lipinski definition) is 5. The molecule has 0 spiro atoms. The maximum absolute atomic E-state index is 12.8. The van der Waals surface area contributed by atoms with Gasteiger partial charge in [-0.25, -0.2) is 4.98 Å². The van der Waals surface area contributed by atoms with Gasteiger partial charge in [-0.1, -0.05) is 18.2 Å². The van der Waals surface area contributed by atoms with Crippen LogP contribution in [0.5, 0.6) is 11.5 Å². The van der Waals surface area contributed by atoms with E-state index in [0.29, 0.717) is 36.9 Å². The molecule has 0 bridgehead atoms. The number of amides is 1. The number of pyridine rings is 1. The summed E-state index contributed by atoms with van der Waals surface area (Å²) < 4.78 is 11.4. The van der Waals surface area contributed by atoms with Gasteiger partial charge in [0.25, 0.3) is 5.91 Å². The molecule has 5 nitrogen and oxygen atoms in total. The maximum Gasteiger partial charge on any atom is 0.272 e. The number of aryl methyl sites for hydroxylation is 1. The fourth-order valence-electron chi connectivity index (χ4n) is 2.84. The maximum atomic E-state index is 12.8. The molecule has 3 rings (SSSR count). The van der Waals surface area contributed by atoms with Crippen LogP contribution in [0, 0.1) is 6.92 Å². The van der Waals surface area contributed by atoms with E-state index in [4.69, 9.17) is 9.47 Å². The van der Waals surface area contributed by atoms with Gasteiger partial charge in [0.05, 0.1) is 7.11 Å². The summed E-state index contributed by atoms with van der Waals surface area (Å²) in [5.74, 6) is 1.27. The zero-order valence-electron chi connectivity index (χ0n) is 16.3. The van der Waals surface area contributed by atoms with Gasteiger partial charge in [-0.2, -0.15) is 0 Å². The molecule has 0 N–H and O–H groups in total. The standard InChI is InChI=1S/C22H24N2O3S/c1-4-24(22(25)19-9-5-7-16(2)23-19)14-17-10-11-20(21(13-17)26-3)27-15-18-8-6-12-28-18/h5-13H,4,14-15H2,1-3H3. The first-order valence-electron chi connectivity index (χ1n) is 9.15. The average Bonchev–Trinajstić information content (AvgIpc) is 3.24. The zero-order chi connectivity index (χ0) is 19.9. The summed E-state index contributed by atoms with van der Waals surface area (Å²) in [5.41, 5.74) is 2.27. The van der Waals surface area contributed by atoms with E-state index in [1.807, 2.05) is 61.7 Å². The van der Waals surface area contributed by atoms with E-state index in [9.17, 15) is 4.79 Å². The summed E-state index contributed by atoms with van der Waals surface area (Å²) in [5, 5.41) is 2.03. The van der Waals surface area contributed by atoms with E-state index in [1.54, 1.807) is 29.4 Å². The Bertz CT molecular complexity index is 925. The van der Waals surface area contributed by atoms with Gasteiger partial charge in [-0.15, -0.1) is 11.3 Å². The van der Waals surface area contributed by atoms with Gasteiger partial charge in [0.15, 0.2) is 11.5 Å². The van der Waals surface area contributed by atoms with Crippen LogP contribution in [0.3, 0.4) is 0 Å². The van der Waals surface area contributed by atoms with Crippen LogP contribution >= 0.6 is 11.3 Å². The molecule has 2 aromatic heterocycles. The third kappa shape index (κ3) is 4.89. The molecule has 2 heterocycles. The van der Waals surface area contributed by atoms with Gasteiger partial charge in [0.2, 0.25) is 0 Å². The number of nitrogens with zero attached hydrogens (tertiary/aromatic N) is 2. The molecule has 146 valence electrons. The van der Waals surface area contributed by atoms with E-state index in [2.05, 4.69) is 4.98 Å². The molecule has 3 aromatic rings. The number of ether oxygens (including phenoxy) is 2. The third-order valence-corrected chi connectivity index (χ3v) is 5.18. The Hall–Kier alpha value is -2.86. The second-order valence-corrected chi connectivity index (χ2v) is 7.37. The van der Waals surface area contributed by atoms with Crippen molar-refractivity contribution < 1.29 is 14.3 Å². The van der Waals surface area contributed by atoms with Crippen molar-refractivity contribution in [1.82, 2.24) is 9.88 Å². The molecule has 0 saturated heterocycles. The number of benzene rings is 1. The molecule has 0 atom stereocenters. The van der Waals surface area contributed by atoms with Crippen LogP contribution < -0.4 is 9.47 Å². The quantitative estimate of drug-likeness (QED) is 0.554. The molecule has 0 fully saturated rings. The highest BCUT2D eigenvalue weighted by atomic mass is 32.1. The van der Waals surface area contributed by atoms with Crippen LogP contribution in [0.2, 0.25) is 0 Å². The minimum atomic E-state index is -0.0804. The predicted octanol–water partition coefficient (Wildman–Crippen LogP) is 4.70. The molecule has 0 saturated carbocycles. The highest BCUT2D eigenvalue weighted by Crippen LogP contribution is 2.30. The van der Waals surface area contributed by atoms with Gasteiger partial charge in [-0.05, 0) is 55.1 Å². The van der Waals surface area contributed by atoms with Gasteiger partial charge in [-0.3, -0.25) is 4.79 Å². The summed E-state index contributed by atoms with van der Waals surface area (Å²) in [7, 11) is 1.62. The number of carbonyl (C=O) groups excluding carboxylic acids is 1. The number of hydrogen-bond donors (Lipinski definition) is 0. The highest BCUT2D eigenvalue weighted by molar-refractivity contribution is 7.09. The van der Waals surface area contributed by atoms with Crippen molar-refractivity contribution in [3.8, 4) is 11.5 Å². The second kappa shape index (κ2) is 9.37. The van der Waals surface area contributed by atoms with Gasteiger partial charge < -0.3 is 14.4 Å². The lowest BCUT2D eigenvalue weighted by Crippen LogP contribution is -2.31. The molecule has 0 radical (unpaired) electrons. The first-order valence-corrected chi connectivity index (χ1v) is 10.0. The monoisotopic (exact) mass is 396 g/mol. The van der Waals surface area contributed by atoms with Crippen molar-refractivity contribution in [2.75, 3.05) is 13.7 Å². The van der Waals surface area contributed by atoms with Crippen molar-refractivity contribution in [1.29, 1.82) is 0 Å². The summed E-state index contributed by atoms with van der Waals surface area (Å²) >= 11 is 1.66. The fraction of sp³-hybridized carbons (Fsp3) is 0.273. The molecule has 0 aliphatic heterocycles. The van der Waals surface area contributed by atoms with E-state index >= 15 is 0 Å². The van der Waals surface area contributed by atoms with Gasteiger partial charge >= 0.3 is 0 Å². The Balaban J connectivity index is 1.72. The number of thiophene rings is 1. The Labute approximate surface area is 169 Å². The summed E-state index contributed by atoms with van der Waals surface area (Å²) in [6.07, 6.45) is 0. The number of methoxy groups -OCH3 is 1. The topological polar surface area (TPSA) is 51.7 Å². The molecule has 28 heavy (non-hydrogen) atoms. The first-order chi connectivity index (χ1) is 13.6. The smallest absolute Gasteiger partial charge is 0.272 e. The van der Waals surface area contributed by atoms with Gasteiger partial charge in [0.1, 0.15) is 12.3 Å². The molecule has 0 unspecified atom stereocenters. The lowest BCUT2D eigenvalue weighted by Gasteiger charge is -2.21. The Morgan fingerprint density at radius 1 is 1.14 bits per heavy atom. The Kier molecular flexibility index (Phi) is 6.66. The second-order valence-electron chi connectivity index (χ2n) is 6.34. The summed E-state index contributed by atoms with van der Waals surface area (Å²) in [4.78, 5) is 20.1. The van der Waals surface area contributed by atoms with E-state index < -0.39 is 0 Å². The third-order valence-electron chi connectivity index (χ3n) is 4.33. The van der Waals surface area contributed by atoms with Crippen molar-refractivity contribution in [3.05, 3.63) is 75.7 Å². The van der Waals surface area contributed by atoms with Crippen molar-refractivity contribution in [3.63, 3.8) is 0 Å². The number of carbonyl (C=O) groups is 1. The number of rotatable bonds is 8.